The van der Waals surface area contributed by atoms with Gasteiger partial charge in [0.1, 0.15) is 11.6 Å². The predicted octanol–water partition coefficient (Wildman–Crippen LogP) is 2.39. The van der Waals surface area contributed by atoms with E-state index < -0.39 is 11.6 Å². The fourth-order valence-corrected chi connectivity index (χ4v) is 1.86. The Balaban J connectivity index is 2.07. The molecule has 2 rings (SSSR count). The van der Waals surface area contributed by atoms with E-state index >= 15 is 0 Å². The second-order valence-electron chi connectivity index (χ2n) is 4.28. The summed E-state index contributed by atoms with van der Waals surface area (Å²) in [6, 6.07) is 2.78. The monoisotopic (exact) mass is 265 g/mol. The van der Waals surface area contributed by atoms with Gasteiger partial charge in [0.2, 0.25) is 0 Å². The summed E-state index contributed by atoms with van der Waals surface area (Å²) >= 11 is 0. The Morgan fingerprint density at radius 1 is 1.32 bits per heavy atom. The number of H-pyrrole nitrogens is 1. The van der Waals surface area contributed by atoms with Crippen LogP contribution in [0.1, 0.15) is 28.2 Å². The molecule has 1 aromatic carbocycles. The van der Waals surface area contributed by atoms with E-state index in [0.717, 1.165) is 23.9 Å². The summed E-state index contributed by atoms with van der Waals surface area (Å²) in [5.41, 5.74) is 6.98. The van der Waals surface area contributed by atoms with Gasteiger partial charge in [-0.15, -0.1) is 0 Å². The highest BCUT2D eigenvalue weighted by Gasteiger charge is 2.12. The quantitative estimate of drug-likeness (QED) is 0.834. The molecule has 100 valence electrons. The Morgan fingerprint density at radius 2 is 1.95 bits per heavy atom. The molecule has 2 aromatic rings. The normalized spacial score (nSPS) is 10.7. The van der Waals surface area contributed by atoms with Crippen molar-refractivity contribution < 1.29 is 13.6 Å². The van der Waals surface area contributed by atoms with Gasteiger partial charge < -0.3 is 10.7 Å². The Morgan fingerprint density at radius 3 is 2.47 bits per heavy atom. The number of hydrogen-bond acceptors (Lipinski definition) is 3. The lowest BCUT2D eigenvalue weighted by molar-refractivity contribution is 0.0981. The van der Waals surface area contributed by atoms with Gasteiger partial charge in [0.15, 0.2) is 11.7 Å². The Labute approximate surface area is 108 Å². The number of benzene rings is 1. The number of nitrogen functional groups attached to an aromatic ring is 1. The first-order chi connectivity index (χ1) is 8.95. The maximum atomic E-state index is 13.0. The van der Waals surface area contributed by atoms with Crippen LogP contribution in [0.2, 0.25) is 0 Å². The maximum absolute atomic E-state index is 13.0. The average molecular weight is 265 g/mol. The zero-order valence-corrected chi connectivity index (χ0v) is 10.3. The number of nitrogens with zero attached hydrogens (tertiary/aromatic N) is 1. The molecule has 0 bridgehead atoms. The van der Waals surface area contributed by atoms with E-state index in [9.17, 15) is 13.6 Å². The molecule has 0 amide bonds. The molecular formula is C13H13F2N3O. The van der Waals surface area contributed by atoms with Gasteiger partial charge in [0.25, 0.3) is 0 Å². The SMILES string of the molecule is Cc1[nH]c(N)nc1CCC(=O)c1cc(F)cc(F)c1. The number of rotatable bonds is 4. The molecule has 0 unspecified atom stereocenters. The van der Waals surface area contributed by atoms with Crippen LogP contribution in [-0.2, 0) is 6.42 Å². The number of imidazole rings is 1. The zero-order valence-electron chi connectivity index (χ0n) is 10.3. The third-order valence-corrected chi connectivity index (χ3v) is 2.78. The maximum Gasteiger partial charge on any atom is 0.197 e. The smallest absolute Gasteiger partial charge is 0.197 e. The topological polar surface area (TPSA) is 71.8 Å². The van der Waals surface area contributed by atoms with Crippen LogP contribution in [0.4, 0.5) is 14.7 Å². The van der Waals surface area contributed by atoms with Crippen molar-refractivity contribution >= 4 is 11.7 Å². The highest BCUT2D eigenvalue weighted by Crippen LogP contribution is 2.13. The number of nitrogens with two attached hydrogens (primary N) is 1. The molecule has 4 nitrogen and oxygen atoms in total. The van der Waals surface area contributed by atoms with Crippen LogP contribution in [-0.4, -0.2) is 15.8 Å². The second-order valence-corrected chi connectivity index (χ2v) is 4.28. The third-order valence-electron chi connectivity index (χ3n) is 2.78. The number of ketones is 1. The predicted molar refractivity (Wildman–Crippen MR) is 66.7 cm³/mol. The highest BCUT2D eigenvalue weighted by molar-refractivity contribution is 5.96. The van der Waals surface area contributed by atoms with Crippen molar-refractivity contribution in [2.75, 3.05) is 5.73 Å². The number of hydrogen-bond donors (Lipinski definition) is 2. The molecule has 0 aliphatic rings. The van der Waals surface area contributed by atoms with E-state index in [2.05, 4.69) is 9.97 Å². The van der Waals surface area contributed by atoms with E-state index in [1.165, 1.54) is 0 Å². The number of aromatic nitrogens is 2. The zero-order chi connectivity index (χ0) is 14.0. The van der Waals surface area contributed by atoms with Gasteiger partial charge >= 0.3 is 0 Å². The Hall–Kier alpha value is -2.24. The van der Waals surface area contributed by atoms with Gasteiger partial charge in [-0.3, -0.25) is 4.79 Å². The van der Waals surface area contributed by atoms with Crippen LogP contribution < -0.4 is 5.73 Å². The summed E-state index contributed by atoms with van der Waals surface area (Å²) in [4.78, 5) is 18.7. The van der Waals surface area contributed by atoms with Crippen molar-refractivity contribution in [1.82, 2.24) is 9.97 Å². The van der Waals surface area contributed by atoms with Crippen molar-refractivity contribution in [2.24, 2.45) is 0 Å². The van der Waals surface area contributed by atoms with Gasteiger partial charge in [-0.1, -0.05) is 0 Å². The molecule has 19 heavy (non-hydrogen) atoms. The van der Waals surface area contributed by atoms with Gasteiger partial charge in [-0.05, 0) is 25.5 Å². The molecule has 6 heteroatoms. The van der Waals surface area contributed by atoms with Crippen LogP contribution in [0.15, 0.2) is 18.2 Å². The summed E-state index contributed by atoms with van der Waals surface area (Å²) < 4.78 is 26.0. The summed E-state index contributed by atoms with van der Waals surface area (Å²) in [7, 11) is 0. The lowest BCUT2D eigenvalue weighted by Crippen LogP contribution is -2.03. The summed E-state index contributed by atoms with van der Waals surface area (Å²) in [6.45, 7) is 1.80. The van der Waals surface area contributed by atoms with Crippen LogP contribution >= 0.6 is 0 Å². The van der Waals surface area contributed by atoms with Gasteiger partial charge in [0, 0.05) is 23.7 Å². The van der Waals surface area contributed by atoms with E-state index in [-0.39, 0.29) is 23.7 Å². The summed E-state index contributed by atoms with van der Waals surface area (Å²) in [5.74, 6) is -1.57. The Bertz CT molecular complexity index is 602. The van der Waals surface area contributed by atoms with Gasteiger partial charge in [0.05, 0.1) is 5.69 Å². The number of anilines is 1. The number of aromatic amines is 1. The van der Waals surface area contributed by atoms with Crippen molar-refractivity contribution in [3.05, 3.63) is 46.8 Å². The largest absolute Gasteiger partial charge is 0.369 e. The van der Waals surface area contributed by atoms with Gasteiger partial charge in [-0.2, -0.15) is 0 Å². The first kappa shape index (κ1) is 13.2. The summed E-state index contributed by atoms with van der Waals surface area (Å²) in [5, 5.41) is 0. The van der Waals surface area contributed by atoms with Gasteiger partial charge in [-0.25, -0.2) is 13.8 Å². The number of carbonyl (C=O) groups excluding carboxylic acids is 1. The van der Waals surface area contributed by atoms with E-state index in [1.54, 1.807) is 6.92 Å². The highest BCUT2D eigenvalue weighted by atomic mass is 19.1. The average Bonchev–Trinajstić information content (AvgIpc) is 2.63. The van der Waals surface area contributed by atoms with Crippen LogP contribution in [0.5, 0.6) is 0 Å². The number of aryl methyl sites for hydroxylation is 2. The molecule has 0 atom stereocenters. The van der Waals surface area contributed by atoms with Crippen molar-refractivity contribution in [1.29, 1.82) is 0 Å². The molecule has 0 aliphatic heterocycles. The third kappa shape index (κ3) is 3.15. The molecular weight excluding hydrogens is 252 g/mol. The molecule has 0 aliphatic carbocycles. The fraction of sp³-hybridized carbons (Fsp3) is 0.231. The minimum atomic E-state index is -0.761. The first-order valence-electron chi connectivity index (χ1n) is 5.76. The molecule has 1 aromatic heterocycles. The van der Waals surface area contributed by atoms with Crippen LogP contribution in [0.25, 0.3) is 0 Å². The minimum Gasteiger partial charge on any atom is -0.369 e. The van der Waals surface area contributed by atoms with E-state index in [4.69, 9.17) is 5.73 Å². The first-order valence-corrected chi connectivity index (χ1v) is 5.76. The van der Waals surface area contributed by atoms with Crippen LogP contribution in [0.3, 0.4) is 0 Å². The Kier molecular flexibility index (Phi) is 3.59. The molecule has 0 spiro atoms. The van der Waals surface area contributed by atoms with Crippen molar-refractivity contribution in [3.8, 4) is 0 Å². The van der Waals surface area contributed by atoms with Crippen molar-refractivity contribution in [3.63, 3.8) is 0 Å². The number of carbonyl (C=O) groups is 1. The molecule has 0 fully saturated rings. The van der Waals surface area contributed by atoms with E-state index in [1.807, 2.05) is 0 Å². The lowest BCUT2D eigenvalue weighted by Gasteiger charge is -2.01. The second kappa shape index (κ2) is 5.17. The molecule has 0 saturated heterocycles. The number of Topliss-reactive ketones (excluding diaryl/α,β-unsaturated/α-hetero) is 1. The number of nitrogens with one attached hydrogen (secondary N) is 1. The molecule has 0 radical (unpaired) electrons. The van der Waals surface area contributed by atoms with Crippen LogP contribution in [0, 0.1) is 18.6 Å². The molecule has 0 saturated carbocycles. The molecule has 1 heterocycles. The molecule has 3 N–H and O–H groups in total. The lowest BCUT2D eigenvalue weighted by atomic mass is 10.0. The van der Waals surface area contributed by atoms with E-state index in [0.29, 0.717) is 12.1 Å². The fourth-order valence-electron chi connectivity index (χ4n) is 1.86. The standard InChI is InChI=1S/C13H13F2N3O/c1-7-11(18-13(16)17-7)2-3-12(19)8-4-9(14)6-10(15)5-8/h4-6H,2-3H2,1H3,(H3,16,17,18). The number of halogens is 2. The van der Waals surface area contributed by atoms with Crippen molar-refractivity contribution in [2.45, 2.75) is 19.8 Å². The summed E-state index contributed by atoms with van der Waals surface area (Å²) in [6.07, 6.45) is 0.491. The minimum absolute atomic E-state index is 0.0265.